The molecule has 158 valence electrons. The number of amides is 1. The van der Waals surface area contributed by atoms with Crippen molar-refractivity contribution >= 4 is 44.4 Å². The second-order valence-corrected chi connectivity index (χ2v) is 9.14. The Balaban J connectivity index is 1.38. The van der Waals surface area contributed by atoms with Crippen LogP contribution in [0.1, 0.15) is 5.56 Å². The molecule has 1 N–H and O–H groups in total. The van der Waals surface area contributed by atoms with Crippen LogP contribution >= 0.6 is 23.1 Å². The first-order valence-electron chi connectivity index (χ1n) is 10.0. The van der Waals surface area contributed by atoms with Gasteiger partial charge in [-0.25, -0.2) is 4.98 Å². The molecule has 1 amide bonds. The highest BCUT2D eigenvalue weighted by Gasteiger charge is 2.17. The third-order valence-corrected chi connectivity index (χ3v) is 6.71. The predicted molar refractivity (Wildman–Crippen MR) is 131 cm³/mol. The lowest BCUT2D eigenvalue weighted by Crippen LogP contribution is -2.14. The summed E-state index contributed by atoms with van der Waals surface area (Å²) in [5.74, 6) is 0.812. The molecule has 0 radical (unpaired) electrons. The smallest absolute Gasteiger partial charge is 0.236 e. The van der Waals surface area contributed by atoms with E-state index < -0.39 is 0 Å². The lowest BCUT2D eigenvalue weighted by molar-refractivity contribution is -0.113. The normalized spacial score (nSPS) is 11.0. The molecule has 0 spiro atoms. The van der Waals surface area contributed by atoms with Crippen molar-refractivity contribution in [2.45, 2.75) is 12.1 Å². The van der Waals surface area contributed by atoms with Gasteiger partial charge in [0.15, 0.2) is 16.1 Å². The van der Waals surface area contributed by atoms with Crippen LogP contribution in [0, 0.1) is 6.92 Å². The number of para-hydroxylation sites is 1. The standard InChI is InChI=1S/C24H19N5OS2/c1-16-11-13-18(14-12-16)29-22(17-7-3-2-4-8-17)27-28-24(29)31-15-21(30)26-23-25-19-9-5-6-10-20(19)32-23/h2-14H,15H2,1H3,(H,25,26,30). The first-order chi connectivity index (χ1) is 15.7. The van der Waals surface area contributed by atoms with Crippen LogP contribution in [0.15, 0.2) is 84.0 Å². The fourth-order valence-corrected chi connectivity index (χ4v) is 4.91. The van der Waals surface area contributed by atoms with Crippen LogP contribution in [0.5, 0.6) is 0 Å². The van der Waals surface area contributed by atoms with Crippen molar-refractivity contribution in [3.8, 4) is 17.1 Å². The number of rotatable bonds is 6. The van der Waals surface area contributed by atoms with Gasteiger partial charge in [-0.15, -0.1) is 10.2 Å². The Kier molecular flexibility index (Phi) is 5.70. The number of fused-ring (bicyclic) bond motifs is 1. The van der Waals surface area contributed by atoms with Crippen molar-refractivity contribution in [1.29, 1.82) is 0 Å². The molecule has 6 nitrogen and oxygen atoms in total. The molecule has 0 aliphatic rings. The second kappa shape index (κ2) is 8.94. The van der Waals surface area contributed by atoms with Gasteiger partial charge in [0.05, 0.1) is 16.0 Å². The van der Waals surface area contributed by atoms with Gasteiger partial charge in [0, 0.05) is 11.3 Å². The van der Waals surface area contributed by atoms with Crippen molar-refractivity contribution in [2.24, 2.45) is 0 Å². The largest absolute Gasteiger partial charge is 0.301 e. The van der Waals surface area contributed by atoms with Crippen molar-refractivity contribution in [2.75, 3.05) is 11.1 Å². The monoisotopic (exact) mass is 457 g/mol. The topological polar surface area (TPSA) is 72.7 Å². The highest BCUT2D eigenvalue weighted by molar-refractivity contribution is 7.99. The van der Waals surface area contributed by atoms with Crippen LogP contribution in [-0.4, -0.2) is 31.4 Å². The summed E-state index contributed by atoms with van der Waals surface area (Å²) in [4.78, 5) is 17.1. The maximum atomic E-state index is 12.6. The summed E-state index contributed by atoms with van der Waals surface area (Å²) in [7, 11) is 0. The van der Waals surface area contributed by atoms with Crippen LogP contribution < -0.4 is 5.32 Å². The van der Waals surface area contributed by atoms with Crippen molar-refractivity contribution < 1.29 is 4.79 Å². The molecule has 0 saturated heterocycles. The highest BCUT2D eigenvalue weighted by atomic mass is 32.2. The molecule has 32 heavy (non-hydrogen) atoms. The minimum absolute atomic E-state index is 0.131. The maximum Gasteiger partial charge on any atom is 0.236 e. The Morgan fingerprint density at radius 2 is 1.72 bits per heavy atom. The number of aromatic nitrogens is 4. The molecule has 0 fully saturated rings. The molecule has 5 aromatic rings. The Morgan fingerprint density at radius 1 is 0.969 bits per heavy atom. The molecule has 0 bridgehead atoms. The average molecular weight is 458 g/mol. The zero-order valence-corrected chi connectivity index (χ0v) is 18.9. The Bertz CT molecular complexity index is 1340. The molecule has 0 saturated carbocycles. The van der Waals surface area contributed by atoms with Crippen LogP contribution in [0.25, 0.3) is 27.3 Å². The van der Waals surface area contributed by atoms with E-state index in [4.69, 9.17) is 0 Å². The van der Waals surface area contributed by atoms with E-state index in [1.165, 1.54) is 28.7 Å². The van der Waals surface area contributed by atoms with E-state index in [-0.39, 0.29) is 11.7 Å². The number of benzene rings is 3. The van der Waals surface area contributed by atoms with E-state index in [0.29, 0.717) is 10.3 Å². The van der Waals surface area contributed by atoms with Gasteiger partial charge < -0.3 is 5.32 Å². The van der Waals surface area contributed by atoms with Gasteiger partial charge in [-0.2, -0.15) is 0 Å². The van der Waals surface area contributed by atoms with Crippen LogP contribution in [0.4, 0.5) is 5.13 Å². The molecule has 8 heteroatoms. The molecule has 5 rings (SSSR count). The first kappa shape index (κ1) is 20.4. The number of hydrogen-bond acceptors (Lipinski definition) is 6. The number of thiazole rings is 1. The molecule has 0 unspecified atom stereocenters. The molecule has 2 aromatic heterocycles. The number of thioether (sulfide) groups is 1. The zero-order valence-electron chi connectivity index (χ0n) is 17.2. The summed E-state index contributed by atoms with van der Waals surface area (Å²) in [5, 5.41) is 13.0. The van der Waals surface area contributed by atoms with Gasteiger partial charge in [-0.1, -0.05) is 83.3 Å². The lowest BCUT2D eigenvalue weighted by atomic mass is 10.2. The molecular weight excluding hydrogens is 438 g/mol. The predicted octanol–water partition coefficient (Wildman–Crippen LogP) is 5.58. The van der Waals surface area contributed by atoms with Gasteiger partial charge in [0.25, 0.3) is 0 Å². The number of nitrogens with one attached hydrogen (secondary N) is 1. The van der Waals surface area contributed by atoms with Crippen LogP contribution in [0.2, 0.25) is 0 Å². The summed E-state index contributed by atoms with van der Waals surface area (Å²) in [6.45, 7) is 2.05. The SMILES string of the molecule is Cc1ccc(-n2c(SCC(=O)Nc3nc4ccccc4s3)nnc2-c2ccccc2)cc1. The van der Waals surface area contributed by atoms with Gasteiger partial charge in [0.2, 0.25) is 5.91 Å². The van der Waals surface area contributed by atoms with Crippen molar-refractivity contribution in [3.63, 3.8) is 0 Å². The number of carbonyl (C=O) groups excluding carboxylic acids is 1. The van der Waals surface area contributed by atoms with Crippen molar-refractivity contribution in [3.05, 3.63) is 84.4 Å². The highest BCUT2D eigenvalue weighted by Crippen LogP contribution is 2.29. The zero-order chi connectivity index (χ0) is 21.9. The second-order valence-electron chi connectivity index (χ2n) is 7.17. The van der Waals surface area contributed by atoms with Gasteiger partial charge in [-0.3, -0.25) is 9.36 Å². The molecule has 3 aromatic carbocycles. The van der Waals surface area contributed by atoms with E-state index in [1.807, 2.05) is 71.3 Å². The number of aryl methyl sites for hydroxylation is 1. The molecular formula is C24H19N5OS2. The Labute approximate surface area is 193 Å². The van der Waals surface area contributed by atoms with Gasteiger partial charge in [0.1, 0.15) is 0 Å². The fraction of sp³-hybridized carbons (Fsp3) is 0.0833. The lowest BCUT2D eigenvalue weighted by Gasteiger charge is -2.10. The van der Waals surface area contributed by atoms with Crippen LogP contribution in [-0.2, 0) is 4.79 Å². The summed E-state index contributed by atoms with van der Waals surface area (Å²) < 4.78 is 3.03. The van der Waals surface area contributed by atoms with E-state index in [0.717, 1.165) is 27.3 Å². The fourth-order valence-electron chi connectivity index (χ4n) is 3.28. The van der Waals surface area contributed by atoms with E-state index in [9.17, 15) is 4.79 Å². The quantitative estimate of drug-likeness (QED) is 0.337. The molecule has 0 aliphatic carbocycles. The molecule has 2 heterocycles. The summed E-state index contributed by atoms with van der Waals surface area (Å²) in [6, 6.07) is 25.9. The third-order valence-electron chi connectivity index (χ3n) is 4.83. The summed E-state index contributed by atoms with van der Waals surface area (Å²) >= 11 is 2.81. The van der Waals surface area contributed by atoms with Crippen LogP contribution in [0.3, 0.4) is 0 Å². The number of hydrogen-bond donors (Lipinski definition) is 1. The summed E-state index contributed by atoms with van der Waals surface area (Å²) in [5.41, 5.74) is 3.97. The average Bonchev–Trinajstić information content (AvgIpc) is 3.42. The molecule has 0 atom stereocenters. The minimum atomic E-state index is -0.131. The minimum Gasteiger partial charge on any atom is -0.301 e. The van der Waals surface area contributed by atoms with Crippen molar-refractivity contribution in [1.82, 2.24) is 19.7 Å². The van der Waals surface area contributed by atoms with E-state index in [1.54, 1.807) is 0 Å². The first-order valence-corrected chi connectivity index (χ1v) is 11.8. The Hall–Kier alpha value is -3.49. The van der Waals surface area contributed by atoms with E-state index in [2.05, 4.69) is 39.6 Å². The van der Waals surface area contributed by atoms with Gasteiger partial charge >= 0.3 is 0 Å². The molecule has 0 aliphatic heterocycles. The number of nitrogens with zero attached hydrogens (tertiary/aromatic N) is 4. The van der Waals surface area contributed by atoms with E-state index >= 15 is 0 Å². The summed E-state index contributed by atoms with van der Waals surface area (Å²) in [6.07, 6.45) is 0. The number of carbonyl (C=O) groups is 1. The Morgan fingerprint density at radius 3 is 2.50 bits per heavy atom. The third kappa shape index (κ3) is 4.28. The van der Waals surface area contributed by atoms with Gasteiger partial charge in [-0.05, 0) is 31.2 Å². The maximum absolute atomic E-state index is 12.6. The number of anilines is 1.